The number of hydrazine groups is 1. The van der Waals surface area contributed by atoms with Gasteiger partial charge >= 0.3 is 0 Å². The van der Waals surface area contributed by atoms with Crippen LogP contribution in [0, 0.1) is 12.3 Å². The van der Waals surface area contributed by atoms with Gasteiger partial charge in [-0.1, -0.05) is 19.9 Å². The predicted molar refractivity (Wildman–Crippen MR) is 130 cm³/mol. The van der Waals surface area contributed by atoms with Crippen LogP contribution in [-0.2, 0) is 6.42 Å². The molecule has 3 aromatic rings. The van der Waals surface area contributed by atoms with Gasteiger partial charge < -0.3 is 4.90 Å². The van der Waals surface area contributed by atoms with Gasteiger partial charge in [-0.05, 0) is 55.2 Å². The van der Waals surface area contributed by atoms with Crippen molar-refractivity contribution in [2.75, 3.05) is 31.1 Å². The molecule has 1 N–H and O–H groups in total. The summed E-state index contributed by atoms with van der Waals surface area (Å²) < 4.78 is 1.86. The minimum Gasteiger partial charge on any atom is -0.354 e. The Morgan fingerprint density at radius 2 is 1.74 bits per heavy atom. The number of benzene rings is 1. The van der Waals surface area contributed by atoms with Crippen molar-refractivity contribution in [2.45, 2.75) is 33.6 Å². The Bertz CT molecular complexity index is 1210. The van der Waals surface area contributed by atoms with Crippen LogP contribution in [0.15, 0.2) is 48.7 Å². The monoisotopic (exact) mass is 458 g/mol. The van der Waals surface area contributed by atoms with Crippen LogP contribution < -0.4 is 10.3 Å². The lowest BCUT2D eigenvalue weighted by molar-refractivity contribution is 0.0777. The molecule has 0 unspecified atom stereocenters. The van der Waals surface area contributed by atoms with Crippen LogP contribution in [0.25, 0.3) is 5.69 Å². The lowest BCUT2D eigenvalue weighted by Crippen LogP contribution is -2.53. The number of pyridine rings is 1. The molecule has 0 bridgehead atoms. The van der Waals surface area contributed by atoms with Crippen LogP contribution in [-0.4, -0.2) is 57.6 Å². The number of rotatable bonds is 4. The van der Waals surface area contributed by atoms with Gasteiger partial charge in [0.15, 0.2) is 5.78 Å². The minimum atomic E-state index is -0.132. The first-order valence-electron chi connectivity index (χ1n) is 11.7. The number of hydrogen-bond acceptors (Lipinski definition) is 6. The summed E-state index contributed by atoms with van der Waals surface area (Å²) in [6, 6.07) is 13.3. The molecule has 2 aromatic heterocycles. The number of piperazine rings is 1. The second kappa shape index (κ2) is 8.68. The van der Waals surface area contributed by atoms with E-state index in [2.05, 4.69) is 34.3 Å². The molecule has 0 spiro atoms. The smallest absolute Gasteiger partial charge is 0.265 e. The first-order chi connectivity index (χ1) is 16.3. The summed E-state index contributed by atoms with van der Waals surface area (Å²) in [6.07, 6.45) is 3.13. The molecule has 8 nitrogen and oxygen atoms in total. The van der Waals surface area contributed by atoms with Crippen molar-refractivity contribution < 1.29 is 9.59 Å². The lowest BCUT2D eigenvalue weighted by atomic mass is 9.75. The topological polar surface area (TPSA) is 83.4 Å². The Labute approximate surface area is 199 Å². The average Bonchev–Trinajstić information content (AvgIpc) is 3.15. The van der Waals surface area contributed by atoms with E-state index >= 15 is 0 Å². The van der Waals surface area contributed by atoms with Gasteiger partial charge in [0.05, 0.1) is 22.6 Å². The molecule has 1 aliphatic heterocycles. The Morgan fingerprint density at radius 3 is 2.41 bits per heavy atom. The standard InChI is InChI=1S/C26H30N6O2/c1-18-24-21(16-26(2,3)17-22(24)33)32(28-18)20-9-7-19(8-10-20)25(34)29-31-14-12-30(13-15-31)23-6-4-5-11-27-23/h4-11H,12-17H2,1-3H3,(H,29,34). The zero-order chi connectivity index (χ0) is 23.9. The molecule has 1 aliphatic carbocycles. The molecule has 0 atom stereocenters. The third kappa shape index (κ3) is 4.33. The normalized spacial score (nSPS) is 18.0. The molecular formula is C26H30N6O2. The van der Waals surface area contributed by atoms with Gasteiger partial charge in [0.1, 0.15) is 5.82 Å². The maximum atomic E-state index is 12.8. The summed E-state index contributed by atoms with van der Waals surface area (Å²) in [5.41, 5.74) is 6.85. The van der Waals surface area contributed by atoms with E-state index in [1.54, 1.807) is 6.20 Å². The fourth-order valence-corrected chi connectivity index (χ4v) is 4.90. The van der Waals surface area contributed by atoms with E-state index in [9.17, 15) is 9.59 Å². The van der Waals surface area contributed by atoms with Crippen molar-refractivity contribution in [2.24, 2.45) is 5.41 Å². The molecule has 34 heavy (non-hydrogen) atoms. The molecule has 0 saturated carbocycles. The molecule has 1 aromatic carbocycles. The highest BCUT2D eigenvalue weighted by Crippen LogP contribution is 2.36. The quantitative estimate of drug-likeness (QED) is 0.647. The van der Waals surface area contributed by atoms with Crippen molar-refractivity contribution in [3.8, 4) is 5.69 Å². The third-order valence-corrected chi connectivity index (χ3v) is 6.61. The van der Waals surface area contributed by atoms with Gasteiger partial charge in [0.2, 0.25) is 0 Å². The number of fused-ring (bicyclic) bond motifs is 1. The van der Waals surface area contributed by atoms with Gasteiger partial charge in [-0.3, -0.25) is 15.0 Å². The number of ketones is 1. The molecule has 2 aliphatic rings. The van der Waals surface area contributed by atoms with Gasteiger partial charge in [0.25, 0.3) is 5.91 Å². The molecule has 5 rings (SSSR count). The highest BCUT2D eigenvalue weighted by atomic mass is 16.2. The summed E-state index contributed by atoms with van der Waals surface area (Å²) in [4.78, 5) is 32.1. The number of nitrogens with zero attached hydrogens (tertiary/aromatic N) is 5. The van der Waals surface area contributed by atoms with Crippen LogP contribution in [0.4, 0.5) is 5.82 Å². The summed E-state index contributed by atoms with van der Waals surface area (Å²) >= 11 is 0. The highest BCUT2D eigenvalue weighted by Gasteiger charge is 2.35. The Kier molecular flexibility index (Phi) is 5.69. The van der Waals surface area contributed by atoms with Crippen LogP contribution in [0.2, 0.25) is 0 Å². The van der Waals surface area contributed by atoms with E-state index in [1.807, 2.05) is 59.1 Å². The average molecular weight is 459 g/mol. The van der Waals surface area contributed by atoms with Gasteiger partial charge in [0, 0.05) is 44.4 Å². The summed E-state index contributed by atoms with van der Waals surface area (Å²) in [7, 11) is 0. The van der Waals surface area contributed by atoms with Crippen molar-refractivity contribution >= 4 is 17.5 Å². The molecule has 8 heteroatoms. The highest BCUT2D eigenvalue weighted by molar-refractivity contribution is 6.00. The van der Waals surface area contributed by atoms with E-state index in [-0.39, 0.29) is 17.1 Å². The lowest BCUT2D eigenvalue weighted by Gasteiger charge is -2.35. The van der Waals surface area contributed by atoms with Gasteiger partial charge in [-0.25, -0.2) is 14.7 Å². The number of hydrogen-bond donors (Lipinski definition) is 1. The Morgan fingerprint density at radius 1 is 1.00 bits per heavy atom. The first kappa shape index (κ1) is 22.3. The molecule has 1 saturated heterocycles. The zero-order valence-electron chi connectivity index (χ0n) is 19.9. The number of aryl methyl sites for hydroxylation is 1. The van der Waals surface area contributed by atoms with Crippen molar-refractivity contribution in [1.29, 1.82) is 0 Å². The van der Waals surface area contributed by atoms with E-state index in [4.69, 9.17) is 0 Å². The number of Topliss-reactive ketones (excluding diaryl/α,β-unsaturated/α-hetero) is 1. The van der Waals surface area contributed by atoms with E-state index in [0.717, 1.165) is 61.1 Å². The number of aromatic nitrogens is 3. The molecule has 176 valence electrons. The number of carbonyl (C=O) groups excluding carboxylic acids is 2. The summed E-state index contributed by atoms with van der Waals surface area (Å²) in [5.74, 6) is 0.993. The number of carbonyl (C=O) groups is 2. The second-order valence-electron chi connectivity index (χ2n) is 9.91. The van der Waals surface area contributed by atoms with Crippen LogP contribution in [0.3, 0.4) is 0 Å². The number of anilines is 1. The minimum absolute atomic E-state index is 0.0886. The molecule has 1 fully saturated rings. The maximum absolute atomic E-state index is 12.8. The van der Waals surface area contributed by atoms with Crippen molar-refractivity contribution in [3.63, 3.8) is 0 Å². The predicted octanol–water partition coefficient (Wildman–Crippen LogP) is 3.20. The largest absolute Gasteiger partial charge is 0.354 e. The summed E-state index contributed by atoms with van der Waals surface area (Å²) in [6.45, 7) is 9.17. The SMILES string of the molecule is Cc1nn(-c2ccc(C(=O)NN3CCN(c4ccccn4)CC3)cc2)c2c1C(=O)CC(C)(C)C2. The van der Waals surface area contributed by atoms with E-state index in [0.29, 0.717) is 12.0 Å². The maximum Gasteiger partial charge on any atom is 0.265 e. The number of amides is 1. The Hall–Kier alpha value is -3.52. The third-order valence-electron chi connectivity index (χ3n) is 6.61. The molecular weight excluding hydrogens is 428 g/mol. The van der Waals surface area contributed by atoms with Crippen LogP contribution in [0.1, 0.15) is 52.4 Å². The number of nitrogens with one attached hydrogen (secondary N) is 1. The summed E-state index contributed by atoms with van der Waals surface area (Å²) in [5, 5.41) is 6.61. The molecule has 1 amide bonds. The van der Waals surface area contributed by atoms with E-state index in [1.165, 1.54) is 0 Å². The van der Waals surface area contributed by atoms with E-state index < -0.39 is 0 Å². The fourth-order valence-electron chi connectivity index (χ4n) is 4.90. The van der Waals surface area contributed by atoms with Crippen molar-refractivity contribution in [3.05, 3.63) is 71.2 Å². The zero-order valence-corrected chi connectivity index (χ0v) is 19.9. The van der Waals surface area contributed by atoms with Crippen molar-refractivity contribution in [1.82, 2.24) is 25.2 Å². The fraction of sp³-hybridized carbons (Fsp3) is 0.385. The Balaban J connectivity index is 1.25. The van der Waals surface area contributed by atoms with Crippen LogP contribution in [0.5, 0.6) is 0 Å². The van der Waals surface area contributed by atoms with Crippen LogP contribution >= 0.6 is 0 Å². The molecule has 3 heterocycles. The van der Waals surface area contributed by atoms with Gasteiger partial charge in [-0.15, -0.1) is 0 Å². The molecule has 0 radical (unpaired) electrons. The van der Waals surface area contributed by atoms with Gasteiger partial charge in [-0.2, -0.15) is 5.10 Å². The first-order valence-corrected chi connectivity index (χ1v) is 11.7. The second-order valence-corrected chi connectivity index (χ2v) is 9.91.